The molecule has 0 radical (unpaired) electrons. The molecule has 1 heterocycles. The molecular weight excluding hydrogens is 239 g/mol. The summed E-state index contributed by atoms with van der Waals surface area (Å²) >= 11 is 0. The van der Waals surface area contributed by atoms with Gasteiger partial charge in [0, 0.05) is 13.2 Å². The van der Waals surface area contributed by atoms with Gasteiger partial charge in [0.05, 0.1) is 12.4 Å². The Morgan fingerprint density at radius 3 is 2.89 bits per heavy atom. The second-order valence-electron chi connectivity index (χ2n) is 5.90. The minimum Gasteiger partial charge on any atom is -0.564 e. The standard InChI is InChI=1S/C15H23BO3/c1-11(17)4-12(2)19-16-8-13-5-14(9-16)7-15(6-13)10-18-3/h4,6,13-14H,5,7-10H2,1-3H3. The molecule has 0 spiro atoms. The van der Waals surface area contributed by atoms with E-state index in [1.807, 2.05) is 6.92 Å². The Morgan fingerprint density at radius 2 is 2.26 bits per heavy atom. The van der Waals surface area contributed by atoms with Crippen LogP contribution in [0.15, 0.2) is 23.5 Å². The van der Waals surface area contributed by atoms with Crippen molar-refractivity contribution in [1.82, 2.24) is 0 Å². The van der Waals surface area contributed by atoms with Crippen molar-refractivity contribution in [1.29, 1.82) is 0 Å². The van der Waals surface area contributed by atoms with E-state index in [9.17, 15) is 4.79 Å². The van der Waals surface area contributed by atoms with Gasteiger partial charge in [0.15, 0.2) is 5.78 Å². The molecule has 2 aliphatic rings. The maximum atomic E-state index is 11.0. The predicted octanol–water partition coefficient (Wildman–Crippen LogP) is 3.10. The van der Waals surface area contributed by atoms with Crippen molar-refractivity contribution >= 4 is 12.7 Å². The van der Waals surface area contributed by atoms with Crippen molar-refractivity contribution in [2.24, 2.45) is 11.8 Å². The van der Waals surface area contributed by atoms with E-state index in [-0.39, 0.29) is 12.7 Å². The molecule has 19 heavy (non-hydrogen) atoms. The van der Waals surface area contributed by atoms with Crippen LogP contribution in [0.4, 0.5) is 0 Å². The summed E-state index contributed by atoms with van der Waals surface area (Å²) in [4.78, 5) is 11.0. The Bertz CT molecular complexity index is 400. The first kappa shape index (κ1) is 14.4. The number of allylic oxidation sites excluding steroid dienone is 3. The molecular formula is C15H23BO3. The molecule has 0 N–H and O–H groups in total. The van der Waals surface area contributed by atoms with Crippen molar-refractivity contribution in [2.45, 2.75) is 39.3 Å². The molecule has 0 aromatic rings. The van der Waals surface area contributed by atoms with Gasteiger partial charge in [-0.25, -0.2) is 0 Å². The van der Waals surface area contributed by atoms with E-state index >= 15 is 0 Å². The minimum absolute atomic E-state index is 0.0516. The smallest absolute Gasteiger partial charge is 0.358 e. The molecule has 2 rings (SSSR count). The number of hydrogen-bond donors (Lipinski definition) is 0. The van der Waals surface area contributed by atoms with Crippen LogP contribution in [0.25, 0.3) is 0 Å². The largest absolute Gasteiger partial charge is 0.564 e. The number of methoxy groups -OCH3 is 1. The normalized spacial score (nSPS) is 27.0. The number of carbonyl (C=O) groups is 1. The molecule has 104 valence electrons. The Balaban J connectivity index is 1.94. The van der Waals surface area contributed by atoms with E-state index < -0.39 is 0 Å². The highest BCUT2D eigenvalue weighted by atomic mass is 16.5. The van der Waals surface area contributed by atoms with Crippen LogP contribution in [0.3, 0.4) is 0 Å². The lowest BCUT2D eigenvalue weighted by molar-refractivity contribution is -0.112. The van der Waals surface area contributed by atoms with Crippen molar-refractivity contribution in [3.8, 4) is 0 Å². The zero-order valence-electron chi connectivity index (χ0n) is 12.1. The van der Waals surface area contributed by atoms with Crippen molar-refractivity contribution < 1.29 is 14.2 Å². The topological polar surface area (TPSA) is 35.5 Å². The molecule has 1 aliphatic carbocycles. The minimum atomic E-state index is 0.0516. The van der Waals surface area contributed by atoms with Crippen LogP contribution in [0.2, 0.25) is 12.6 Å². The lowest BCUT2D eigenvalue weighted by Crippen LogP contribution is -2.33. The molecule has 4 heteroatoms. The lowest BCUT2D eigenvalue weighted by Gasteiger charge is -2.36. The average molecular weight is 262 g/mol. The molecule has 1 saturated heterocycles. The van der Waals surface area contributed by atoms with E-state index in [0.29, 0.717) is 11.8 Å². The van der Waals surface area contributed by atoms with Crippen molar-refractivity contribution in [3.05, 3.63) is 23.5 Å². The highest BCUT2D eigenvalue weighted by Crippen LogP contribution is 2.40. The first-order valence-electron chi connectivity index (χ1n) is 7.11. The average Bonchev–Trinajstić information content (AvgIpc) is 2.26. The van der Waals surface area contributed by atoms with E-state index in [1.54, 1.807) is 20.1 Å². The van der Waals surface area contributed by atoms with Gasteiger partial charge in [-0.15, -0.1) is 0 Å². The molecule has 2 bridgehead atoms. The zero-order valence-corrected chi connectivity index (χ0v) is 12.1. The molecule has 3 nitrogen and oxygen atoms in total. The highest BCUT2D eigenvalue weighted by Gasteiger charge is 2.36. The molecule has 2 unspecified atom stereocenters. The van der Waals surface area contributed by atoms with Crippen LogP contribution in [0.5, 0.6) is 0 Å². The van der Waals surface area contributed by atoms with Gasteiger partial charge in [-0.05, 0) is 56.7 Å². The van der Waals surface area contributed by atoms with Crippen molar-refractivity contribution in [2.75, 3.05) is 13.7 Å². The third kappa shape index (κ3) is 4.24. The fourth-order valence-electron chi connectivity index (χ4n) is 3.47. The van der Waals surface area contributed by atoms with Crippen LogP contribution in [0, 0.1) is 11.8 Å². The molecule has 1 fully saturated rings. The van der Waals surface area contributed by atoms with Gasteiger partial charge in [-0.2, -0.15) is 0 Å². The summed E-state index contributed by atoms with van der Waals surface area (Å²) in [5.74, 6) is 2.13. The zero-order chi connectivity index (χ0) is 13.8. The summed E-state index contributed by atoms with van der Waals surface area (Å²) in [6.07, 6.45) is 8.53. The van der Waals surface area contributed by atoms with E-state index in [4.69, 9.17) is 9.39 Å². The van der Waals surface area contributed by atoms with Crippen LogP contribution in [-0.4, -0.2) is 26.4 Å². The number of fused-ring (bicyclic) bond motifs is 2. The van der Waals surface area contributed by atoms with Gasteiger partial charge in [0.1, 0.15) is 0 Å². The van der Waals surface area contributed by atoms with Crippen molar-refractivity contribution in [3.63, 3.8) is 0 Å². The lowest BCUT2D eigenvalue weighted by atomic mass is 9.48. The van der Waals surface area contributed by atoms with Gasteiger partial charge in [-0.1, -0.05) is 6.08 Å². The second-order valence-corrected chi connectivity index (χ2v) is 5.90. The summed E-state index contributed by atoms with van der Waals surface area (Å²) < 4.78 is 11.1. The van der Waals surface area contributed by atoms with Gasteiger partial charge < -0.3 is 9.39 Å². The first-order valence-corrected chi connectivity index (χ1v) is 7.11. The van der Waals surface area contributed by atoms with Crippen LogP contribution >= 0.6 is 0 Å². The van der Waals surface area contributed by atoms with Gasteiger partial charge in [0.2, 0.25) is 0 Å². The van der Waals surface area contributed by atoms with Gasteiger partial charge >= 0.3 is 6.92 Å². The molecule has 2 atom stereocenters. The molecule has 0 amide bonds. The maximum Gasteiger partial charge on any atom is 0.358 e. The molecule has 1 aliphatic heterocycles. The summed E-state index contributed by atoms with van der Waals surface area (Å²) in [5.41, 5.74) is 1.44. The Morgan fingerprint density at radius 1 is 1.47 bits per heavy atom. The summed E-state index contributed by atoms with van der Waals surface area (Å²) in [7, 11) is 1.76. The number of carbonyl (C=O) groups excluding carboxylic acids is 1. The monoisotopic (exact) mass is 262 g/mol. The Labute approximate surface area is 116 Å². The summed E-state index contributed by atoms with van der Waals surface area (Å²) in [5, 5.41) is 0. The molecule has 0 aromatic carbocycles. The Kier molecular flexibility index (Phi) is 4.86. The summed E-state index contributed by atoms with van der Waals surface area (Å²) in [6.45, 7) is 4.46. The third-order valence-corrected chi connectivity index (χ3v) is 3.91. The van der Waals surface area contributed by atoms with E-state index in [0.717, 1.165) is 31.4 Å². The predicted molar refractivity (Wildman–Crippen MR) is 77.1 cm³/mol. The number of rotatable bonds is 5. The van der Waals surface area contributed by atoms with Gasteiger partial charge in [-0.3, -0.25) is 4.79 Å². The first-order chi connectivity index (χ1) is 9.06. The SMILES string of the molecule is COCC1=CC2CB(OC(C)=CC(C)=O)CC(C1)C2. The highest BCUT2D eigenvalue weighted by molar-refractivity contribution is 6.52. The van der Waals surface area contributed by atoms with E-state index in [1.165, 1.54) is 12.0 Å². The molecule has 0 aromatic heterocycles. The quantitative estimate of drug-likeness (QED) is 0.330. The van der Waals surface area contributed by atoms with Crippen LogP contribution < -0.4 is 0 Å². The number of ether oxygens (including phenoxy) is 1. The van der Waals surface area contributed by atoms with Gasteiger partial charge in [0.25, 0.3) is 0 Å². The number of hydrogen-bond acceptors (Lipinski definition) is 3. The molecule has 0 saturated carbocycles. The fraction of sp³-hybridized carbons (Fsp3) is 0.667. The van der Waals surface area contributed by atoms with Crippen LogP contribution in [0.1, 0.15) is 26.7 Å². The third-order valence-electron chi connectivity index (χ3n) is 3.91. The maximum absolute atomic E-state index is 11.0. The van der Waals surface area contributed by atoms with E-state index in [2.05, 4.69) is 6.08 Å². The number of ketones is 1. The summed E-state index contributed by atoms with van der Waals surface area (Å²) in [6, 6.07) is 0. The Hall–Kier alpha value is -1.03. The fourth-order valence-corrected chi connectivity index (χ4v) is 3.47. The second kappa shape index (κ2) is 6.42. The van der Waals surface area contributed by atoms with Crippen LogP contribution in [-0.2, 0) is 14.2 Å².